The lowest BCUT2D eigenvalue weighted by Crippen LogP contribution is -2.47. The molecule has 0 unspecified atom stereocenters. The van der Waals surface area contributed by atoms with Gasteiger partial charge in [-0.1, -0.05) is 6.07 Å². The maximum absolute atomic E-state index is 13.6. The van der Waals surface area contributed by atoms with E-state index in [0.717, 1.165) is 31.7 Å². The Bertz CT molecular complexity index is 473. The number of benzene rings is 1. The van der Waals surface area contributed by atoms with Crippen molar-refractivity contribution in [3.05, 3.63) is 29.6 Å². The van der Waals surface area contributed by atoms with Crippen molar-refractivity contribution >= 4 is 5.97 Å². The van der Waals surface area contributed by atoms with Gasteiger partial charge in [0.25, 0.3) is 0 Å². The number of ether oxygens (including phenoxy) is 1. The summed E-state index contributed by atoms with van der Waals surface area (Å²) in [7, 11) is 1.44. The first-order chi connectivity index (χ1) is 9.58. The van der Waals surface area contributed by atoms with Gasteiger partial charge in [0, 0.05) is 32.7 Å². The first kappa shape index (κ1) is 14.7. The molecule has 0 saturated carbocycles. The first-order valence-electron chi connectivity index (χ1n) is 6.57. The van der Waals surface area contributed by atoms with Crippen molar-refractivity contribution in [2.24, 2.45) is 0 Å². The molecule has 1 heterocycles. The van der Waals surface area contributed by atoms with Crippen LogP contribution in [-0.2, 0) is 11.3 Å². The summed E-state index contributed by atoms with van der Waals surface area (Å²) in [6, 6.07) is 4.97. The third kappa shape index (κ3) is 3.91. The number of carboxylic acids is 1. The highest BCUT2D eigenvalue weighted by molar-refractivity contribution is 5.69. The molecule has 20 heavy (non-hydrogen) atoms. The van der Waals surface area contributed by atoms with Crippen molar-refractivity contribution in [2.45, 2.75) is 6.54 Å². The summed E-state index contributed by atoms with van der Waals surface area (Å²) in [6.45, 7) is 3.80. The topological polar surface area (TPSA) is 53.0 Å². The molecule has 2 rings (SSSR count). The zero-order valence-electron chi connectivity index (χ0n) is 11.5. The average molecular weight is 282 g/mol. The Hall–Kier alpha value is -1.66. The molecule has 0 atom stereocenters. The smallest absolute Gasteiger partial charge is 0.317 e. The molecule has 6 heteroatoms. The molecule has 0 bridgehead atoms. The van der Waals surface area contributed by atoms with Crippen molar-refractivity contribution in [1.82, 2.24) is 9.80 Å². The van der Waals surface area contributed by atoms with Crippen LogP contribution in [0.3, 0.4) is 0 Å². The van der Waals surface area contributed by atoms with Gasteiger partial charge in [0.1, 0.15) is 0 Å². The van der Waals surface area contributed by atoms with Crippen LogP contribution in [0, 0.1) is 5.82 Å². The second-order valence-corrected chi connectivity index (χ2v) is 4.91. The standard InChI is InChI=1S/C14H19FN2O3/c1-20-13-3-2-11(8-12(13)15)9-16-4-6-17(7-5-16)10-14(18)19/h2-3,8H,4-7,9-10H2,1H3,(H,18,19). The molecule has 0 amide bonds. The fourth-order valence-electron chi connectivity index (χ4n) is 2.36. The van der Waals surface area contributed by atoms with E-state index in [1.54, 1.807) is 6.07 Å². The van der Waals surface area contributed by atoms with E-state index in [9.17, 15) is 9.18 Å². The second-order valence-electron chi connectivity index (χ2n) is 4.91. The molecule has 1 fully saturated rings. The number of nitrogens with zero attached hydrogens (tertiary/aromatic N) is 2. The molecule has 1 aromatic rings. The van der Waals surface area contributed by atoms with E-state index in [4.69, 9.17) is 9.84 Å². The second kappa shape index (κ2) is 6.67. The summed E-state index contributed by atoms with van der Waals surface area (Å²) in [5.41, 5.74) is 0.898. The third-order valence-corrected chi connectivity index (χ3v) is 3.45. The summed E-state index contributed by atoms with van der Waals surface area (Å²) in [4.78, 5) is 14.7. The number of rotatable bonds is 5. The molecule has 5 nitrogen and oxygen atoms in total. The van der Waals surface area contributed by atoms with Gasteiger partial charge >= 0.3 is 5.97 Å². The third-order valence-electron chi connectivity index (χ3n) is 3.45. The molecule has 0 radical (unpaired) electrons. The molecule has 0 spiro atoms. The Morgan fingerprint density at radius 1 is 1.30 bits per heavy atom. The number of halogens is 1. The predicted molar refractivity (Wildman–Crippen MR) is 72.3 cm³/mol. The van der Waals surface area contributed by atoms with Gasteiger partial charge in [-0.05, 0) is 17.7 Å². The Morgan fingerprint density at radius 2 is 1.95 bits per heavy atom. The minimum absolute atomic E-state index is 0.0883. The molecule has 0 aromatic heterocycles. The number of carbonyl (C=O) groups is 1. The van der Waals surface area contributed by atoms with Crippen LogP contribution in [0.15, 0.2) is 18.2 Å². The molecular formula is C14H19FN2O3. The van der Waals surface area contributed by atoms with Gasteiger partial charge in [0.05, 0.1) is 13.7 Å². The summed E-state index contributed by atoms with van der Waals surface area (Å²) >= 11 is 0. The number of carboxylic acid groups (broad SMARTS) is 1. The summed E-state index contributed by atoms with van der Waals surface area (Å²) < 4.78 is 18.5. The van der Waals surface area contributed by atoms with Gasteiger partial charge < -0.3 is 9.84 Å². The van der Waals surface area contributed by atoms with Crippen molar-refractivity contribution in [1.29, 1.82) is 0 Å². The Balaban J connectivity index is 1.86. The lowest BCUT2D eigenvalue weighted by Gasteiger charge is -2.33. The maximum Gasteiger partial charge on any atom is 0.317 e. The van der Waals surface area contributed by atoms with Gasteiger partial charge in [-0.3, -0.25) is 14.6 Å². The Morgan fingerprint density at radius 3 is 2.50 bits per heavy atom. The zero-order chi connectivity index (χ0) is 14.5. The van der Waals surface area contributed by atoms with E-state index in [-0.39, 0.29) is 18.1 Å². The van der Waals surface area contributed by atoms with E-state index in [1.165, 1.54) is 13.2 Å². The fourth-order valence-corrected chi connectivity index (χ4v) is 2.36. The number of piperazine rings is 1. The monoisotopic (exact) mass is 282 g/mol. The lowest BCUT2D eigenvalue weighted by molar-refractivity contribution is -0.138. The summed E-state index contributed by atoms with van der Waals surface area (Å²) in [5.74, 6) is -0.898. The van der Waals surface area contributed by atoms with Crippen LogP contribution in [-0.4, -0.2) is 60.7 Å². The maximum atomic E-state index is 13.6. The summed E-state index contributed by atoms with van der Waals surface area (Å²) in [6.07, 6.45) is 0. The highest BCUT2D eigenvalue weighted by Crippen LogP contribution is 2.19. The van der Waals surface area contributed by atoms with Crippen LogP contribution in [0.5, 0.6) is 5.75 Å². The largest absolute Gasteiger partial charge is 0.494 e. The van der Waals surface area contributed by atoms with E-state index in [2.05, 4.69) is 4.90 Å². The van der Waals surface area contributed by atoms with Crippen LogP contribution < -0.4 is 4.74 Å². The van der Waals surface area contributed by atoms with Crippen molar-refractivity contribution < 1.29 is 19.0 Å². The van der Waals surface area contributed by atoms with E-state index < -0.39 is 5.97 Å². The normalized spacial score (nSPS) is 17.1. The van der Waals surface area contributed by atoms with Crippen LogP contribution in [0.4, 0.5) is 4.39 Å². The number of hydrogen-bond acceptors (Lipinski definition) is 4. The minimum atomic E-state index is -0.796. The van der Waals surface area contributed by atoms with Crippen LogP contribution >= 0.6 is 0 Å². The molecule has 1 aliphatic rings. The molecule has 1 aromatic carbocycles. The number of hydrogen-bond donors (Lipinski definition) is 1. The minimum Gasteiger partial charge on any atom is -0.494 e. The van der Waals surface area contributed by atoms with Crippen molar-refractivity contribution in [2.75, 3.05) is 39.8 Å². The SMILES string of the molecule is COc1ccc(CN2CCN(CC(=O)O)CC2)cc1F. The van der Waals surface area contributed by atoms with Gasteiger partial charge in [-0.15, -0.1) is 0 Å². The van der Waals surface area contributed by atoms with Crippen LogP contribution in [0.2, 0.25) is 0 Å². The molecular weight excluding hydrogens is 263 g/mol. The highest BCUT2D eigenvalue weighted by Gasteiger charge is 2.18. The number of aliphatic carboxylic acids is 1. The fraction of sp³-hybridized carbons (Fsp3) is 0.500. The van der Waals surface area contributed by atoms with Crippen LogP contribution in [0.1, 0.15) is 5.56 Å². The van der Waals surface area contributed by atoms with Gasteiger partial charge in [0.15, 0.2) is 11.6 Å². The van der Waals surface area contributed by atoms with Gasteiger partial charge in [-0.2, -0.15) is 0 Å². The lowest BCUT2D eigenvalue weighted by atomic mass is 10.2. The molecule has 110 valence electrons. The molecule has 1 aliphatic heterocycles. The molecule has 1 N–H and O–H groups in total. The zero-order valence-corrected chi connectivity index (χ0v) is 11.5. The van der Waals surface area contributed by atoms with Crippen molar-refractivity contribution in [3.8, 4) is 5.75 Å². The Labute approximate surface area is 117 Å². The van der Waals surface area contributed by atoms with E-state index in [0.29, 0.717) is 6.54 Å². The first-order valence-corrected chi connectivity index (χ1v) is 6.57. The van der Waals surface area contributed by atoms with Gasteiger partial charge in [-0.25, -0.2) is 4.39 Å². The van der Waals surface area contributed by atoms with E-state index in [1.807, 2.05) is 11.0 Å². The summed E-state index contributed by atoms with van der Waals surface area (Å²) in [5, 5.41) is 8.74. The number of methoxy groups -OCH3 is 1. The van der Waals surface area contributed by atoms with Crippen LogP contribution in [0.25, 0.3) is 0 Å². The van der Waals surface area contributed by atoms with E-state index >= 15 is 0 Å². The average Bonchev–Trinajstić information content (AvgIpc) is 2.41. The molecule has 0 aliphatic carbocycles. The predicted octanol–water partition coefficient (Wildman–Crippen LogP) is 1.04. The highest BCUT2D eigenvalue weighted by atomic mass is 19.1. The molecule has 1 saturated heterocycles. The Kier molecular flexibility index (Phi) is 4.92. The van der Waals surface area contributed by atoms with Gasteiger partial charge in [0.2, 0.25) is 0 Å². The van der Waals surface area contributed by atoms with Crippen molar-refractivity contribution in [3.63, 3.8) is 0 Å². The quantitative estimate of drug-likeness (QED) is 0.874.